The molecule has 1 saturated heterocycles. The first-order chi connectivity index (χ1) is 11.3. The number of amides is 2. The van der Waals surface area contributed by atoms with Crippen molar-refractivity contribution in [1.82, 2.24) is 5.32 Å². The van der Waals surface area contributed by atoms with Gasteiger partial charge in [0, 0.05) is 24.8 Å². The maximum absolute atomic E-state index is 12.7. The first-order valence-corrected chi connectivity index (χ1v) is 8.72. The predicted molar refractivity (Wildman–Crippen MR) is 96.8 cm³/mol. The average molecular weight is 331 g/mol. The Bertz CT molecular complexity index is 592. The number of carbonyl (C=O) groups is 2. The molecule has 1 heterocycles. The number of hydrogen-bond acceptors (Lipinski definition) is 3. The Morgan fingerprint density at radius 3 is 2.46 bits per heavy atom. The largest absolute Gasteiger partial charge is 0.351 e. The second-order valence-electron chi connectivity index (χ2n) is 7.25. The zero-order valence-electron chi connectivity index (χ0n) is 15.1. The molecular formula is C19H29N3O2. The molecule has 0 saturated carbocycles. The number of carbonyl (C=O) groups excluding carboxylic acids is 2. The lowest BCUT2D eigenvalue weighted by molar-refractivity contribution is -0.132. The molecule has 0 radical (unpaired) electrons. The van der Waals surface area contributed by atoms with Gasteiger partial charge < -0.3 is 16.0 Å². The van der Waals surface area contributed by atoms with Crippen LogP contribution in [0, 0.1) is 25.7 Å². The van der Waals surface area contributed by atoms with E-state index in [-0.39, 0.29) is 17.9 Å². The number of hydrogen-bond donors (Lipinski definition) is 2. The molecule has 0 aliphatic carbocycles. The lowest BCUT2D eigenvalue weighted by Crippen LogP contribution is -2.45. The molecule has 1 aliphatic rings. The Hall–Kier alpha value is -1.88. The highest BCUT2D eigenvalue weighted by molar-refractivity contribution is 6.09. The van der Waals surface area contributed by atoms with Gasteiger partial charge in [-0.05, 0) is 55.9 Å². The lowest BCUT2D eigenvalue weighted by Gasteiger charge is -2.21. The first-order valence-electron chi connectivity index (χ1n) is 8.72. The standard InChI is InChI=1S/C19H29N3O2/c1-12(2)7-15(11-20)21-18(23)17-5-6-22(19(17)24)16-9-13(3)8-14(4)10-16/h8-10,12,15,17H,5-7,11,20H2,1-4H3,(H,21,23). The third-order valence-electron chi connectivity index (χ3n) is 4.43. The summed E-state index contributed by atoms with van der Waals surface area (Å²) in [6, 6.07) is 5.99. The van der Waals surface area contributed by atoms with Crippen molar-refractivity contribution < 1.29 is 9.59 Å². The van der Waals surface area contributed by atoms with E-state index < -0.39 is 5.92 Å². The van der Waals surface area contributed by atoms with Crippen LogP contribution in [0.5, 0.6) is 0 Å². The van der Waals surface area contributed by atoms with Crippen molar-refractivity contribution in [2.45, 2.75) is 46.6 Å². The van der Waals surface area contributed by atoms with E-state index in [0.717, 1.165) is 23.2 Å². The molecule has 24 heavy (non-hydrogen) atoms. The van der Waals surface area contributed by atoms with Crippen LogP contribution >= 0.6 is 0 Å². The molecular weight excluding hydrogens is 302 g/mol. The van der Waals surface area contributed by atoms with Crippen LogP contribution in [0.25, 0.3) is 0 Å². The summed E-state index contributed by atoms with van der Waals surface area (Å²) in [6.07, 6.45) is 1.38. The van der Waals surface area contributed by atoms with Crippen LogP contribution in [0.2, 0.25) is 0 Å². The average Bonchev–Trinajstić information content (AvgIpc) is 2.86. The van der Waals surface area contributed by atoms with Crippen molar-refractivity contribution in [2.75, 3.05) is 18.0 Å². The molecule has 0 spiro atoms. The molecule has 1 fully saturated rings. The van der Waals surface area contributed by atoms with Gasteiger partial charge in [-0.3, -0.25) is 9.59 Å². The number of nitrogens with two attached hydrogens (primary N) is 1. The summed E-state index contributed by atoms with van der Waals surface area (Å²) in [7, 11) is 0. The van der Waals surface area contributed by atoms with Crippen molar-refractivity contribution in [3.63, 3.8) is 0 Å². The van der Waals surface area contributed by atoms with E-state index in [1.807, 2.05) is 26.0 Å². The lowest BCUT2D eigenvalue weighted by atomic mass is 10.0. The second-order valence-corrected chi connectivity index (χ2v) is 7.25. The molecule has 2 unspecified atom stereocenters. The summed E-state index contributed by atoms with van der Waals surface area (Å²) in [6.45, 7) is 9.19. The van der Waals surface area contributed by atoms with Gasteiger partial charge in [0.25, 0.3) is 0 Å². The number of benzene rings is 1. The highest BCUT2D eigenvalue weighted by Crippen LogP contribution is 2.27. The Labute approximate surface area is 144 Å². The molecule has 1 aromatic carbocycles. The Balaban J connectivity index is 2.06. The van der Waals surface area contributed by atoms with E-state index in [0.29, 0.717) is 25.4 Å². The third kappa shape index (κ3) is 4.35. The minimum atomic E-state index is -0.605. The third-order valence-corrected chi connectivity index (χ3v) is 4.43. The molecule has 132 valence electrons. The fourth-order valence-corrected chi connectivity index (χ4v) is 3.37. The van der Waals surface area contributed by atoms with Gasteiger partial charge in [0.1, 0.15) is 5.92 Å². The van der Waals surface area contributed by atoms with Gasteiger partial charge in [0.2, 0.25) is 11.8 Å². The number of aryl methyl sites for hydroxylation is 2. The fourth-order valence-electron chi connectivity index (χ4n) is 3.37. The maximum atomic E-state index is 12.7. The minimum absolute atomic E-state index is 0.0689. The van der Waals surface area contributed by atoms with Crippen LogP contribution in [0.15, 0.2) is 18.2 Å². The molecule has 2 atom stereocenters. The molecule has 3 N–H and O–H groups in total. The monoisotopic (exact) mass is 331 g/mol. The van der Waals surface area contributed by atoms with E-state index in [9.17, 15) is 9.59 Å². The van der Waals surface area contributed by atoms with Crippen LogP contribution in [0.1, 0.15) is 37.8 Å². The smallest absolute Gasteiger partial charge is 0.239 e. The van der Waals surface area contributed by atoms with Gasteiger partial charge in [0.05, 0.1) is 0 Å². The van der Waals surface area contributed by atoms with Crippen molar-refractivity contribution in [2.24, 2.45) is 17.6 Å². The summed E-state index contributed by atoms with van der Waals surface area (Å²) in [5.74, 6) is -0.460. The van der Waals surface area contributed by atoms with E-state index in [1.165, 1.54) is 0 Å². The van der Waals surface area contributed by atoms with Crippen molar-refractivity contribution >= 4 is 17.5 Å². The maximum Gasteiger partial charge on any atom is 0.239 e. The fraction of sp³-hybridized carbons (Fsp3) is 0.579. The van der Waals surface area contributed by atoms with Gasteiger partial charge in [-0.15, -0.1) is 0 Å². The van der Waals surface area contributed by atoms with Gasteiger partial charge in [0.15, 0.2) is 0 Å². The highest BCUT2D eigenvalue weighted by atomic mass is 16.2. The number of rotatable bonds is 6. The normalized spacial score (nSPS) is 19.0. The zero-order valence-corrected chi connectivity index (χ0v) is 15.1. The summed E-state index contributed by atoms with van der Waals surface area (Å²) in [5, 5.41) is 2.95. The molecule has 0 bridgehead atoms. The van der Waals surface area contributed by atoms with Crippen LogP contribution < -0.4 is 16.0 Å². The quantitative estimate of drug-likeness (QED) is 0.784. The molecule has 2 rings (SSSR count). The van der Waals surface area contributed by atoms with Crippen molar-refractivity contribution in [1.29, 1.82) is 0 Å². The van der Waals surface area contributed by atoms with E-state index >= 15 is 0 Å². The molecule has 2 amide bonds. The van der Waals surface area contributed by atoms with Gasteiger partial charge in [-0.2, -0.15) is 0 Å². The van der Waals surface area contributed by atoms with Gasteiger partial charge in [-0.25, -0.2) is 0 Å². The van der Waals surface area contributed by atoms with E-state index in [1.54, 1.807) is 4.90 Å². The molecule has 5 heteroatoms. The first kappa shape index (κ1) is 18.5. The van der Waals surface area contributed by atoms with E-state index in [4.69, 9.17) is 5.73 Å². The zero-order chi connectivity index (χ0) is 17.9. The Morgan fingerprint density at radius 2 is 1.92 bits per heavy atom. The SMILES string of the molecule is Cc1cc(C)cc(N2CCC(C(=O)NC(CN)CC(C)C)C2=O)c1. The predicted octanol–water partition coefficient (Wildman–Crippen LogP) is 2.15. The summed E-state index contributed by atoms with van der Waals surface area (Å²) >= 11 is 0. The van der Waals surface area contributed by atoms with Crippen molar-refractivity contribution in [3.05, 3.63) is 29.3 Å². The van der Waals surface area contributed by atoms with Crippen LogP contribution in [0.3, 0.4) is 0 Å². The summed E-state index contributed by atoms with van der Waals surface area (Å²) < 4.78 is 0. The highest BCUT2D eigenvalue weighted by Gasteiger charge is 2.38. The van der Waals surface area contributed by atoms with Gasteiger partial charge in [-0.1, -0.05) is 19.9 Å². The van der Waals surface area contributed by atoms with Gasteiger partial charge >= 0.3 is 0 Å². The molecule has 5 nitrogen and oxygen atoms in total. The molecule has 1 aliphatic heterocycles. The number of anilines is 1. The van der Waals surface area contributed by atoms with Crippen LogP contribution in [-0.4, -0.2) is 30.9 Å². The van der Waals surface area contributed by atoms with E-state index in [2.05, 4.69) is 25.2 Å². The summed E-state index contributed by atoms with van der Waals surface area (Å²) in [5.41, 5.74) is 8.86. The number of nitrogens with zero attached hydrogens (tertiary/aromatic N) is 1. The topological polar surface area (TPSA) is 75.4 Å². The Morgan fingerprint density at radius 1 is 1.29 bits per heavy atom. The minimum Gasteiger partial charge on any atom is -0.351 e. The molecule has 0 aromatic heterocycles. The van der Waals surface area contributed by atoms with Crippen molar-refractivity contribution in [3.8, 4) is 0 Å². The number of nitrogens with one attached hydrogen (secondary N) is 1. The Kier molecular flexibility index (Phi) is 5.99. The second kappa shape index (κ2) is 7.79. The molecule has 1 aromatic rings. The summed E-state index contributed by atoms with van der Waals surface area (Å²) in [4.78, 5) is 26.9. The van der Waals surface area contributed by atoms with Crippen LogP contribution in [0.4, 0.5) is 5.69 Å². The van der Waals surface area contributed by atoms with Crippen LogP contribution in [-0.2, 0) is 9.59 Å².